The molecule has 0 radical (unpaired) electrons. The Morgan fingerprint density at radius 1 is 1.48 bits per heavy atom. The summed E-state index contributed by atoms with van der Waals surface area (Å²) in [4.78, 5) is 16.3. The highest BCUT2D eigenvalue weighted by atomic mass is 16.5. The number of carbonyl (C=O) groups is 1. The van der Waals surface area contributed by atoms with Gasteiger partial charge in [0.2, 0.25) is 0 Å². The lowest BCUT2D eigenvalue weighted by molar-refractivity contribution is -0.0778. The Labute approximate surface area is 138 Å². The van der Waals surface area contributed by atoms with Crippen molar-refractivity contribution in [2.45, 2.75) is 45.6 Å². The van der Waals surface area contributed by atoms with Crippen molar-refractivity contribution in [1.29, 1.82) is 0 Å². The van der Waals surface area contributed by atoms with Gasteiger partial charge in [0.15, 0.2) is 0 Å². The molecule has 1 aromatic heterocycles. The first-order valence-corrected chi connectivity index (χ1v) is 8.21. The number of aromatic nitrogens is 2. The van der Waals surface area contributed by atoms with Crippen molar-refractivity contribution < 1.29 is 9.53 Å². The molecule has 7 heteroatoms. The molecule has 2 heterocycles. The van der Waals surface area contributed by atoms with Gasteiger partial charge in [0.1, 0.15) is 0 Å². The summed E-state index contributed by atoms with van der Waals surface area (Å²) in [6.45, 7) is 9.34. The molecule has 0 aliphatic carbocycles. The van der Waals surface area contributed by atoms with Crippen LogP contribution in [0.3, 0.4) is 0 Å². The maximum atomic E-state index is 12.2. The van der Waals surface area contributed by atoms with Crippen LogP contribution in [-0.4, -0.2) is 70.5 Å². The molecule has 0 bridgehead atoms. The molecule has 2 rings (SSSR count). The summed E-state index contributed by atoms with van der Waals surface area (Å²) in [5, 5.41) is 7.13. The van der Waals surface area contributed by atoms with Gasteiger partial charge >= 0.3 is 6.03 Å². The molecule has 1 saturated heterocycles. The number of hydrogen-bond acceptors (Lipinski definition) is 4. The van der Waals surface area contributed by atoms with E-state index in [1.807, 2.05) is 13.2 Å². The second kappa shape index (κ2) is 7.79. The third-order valence-electron chi connectivity index (χ3n) is 4.14. The number of amides is 2. The van der Waals surface area contributed by atoms with Gasteiger partial charge < -0.3 is 15.0 Å². The maximum absolute atomic E-state index is 12.2. The Morgan fingerprint density at radius 2 is 2.13 bits per heavy atom. The number of morpholine rings is 1. The molecule has 0 spiro atoms. The summed E-state index contributed by atoms with van der Waals surface area (Å²) in [5.74, 6) is 0. The Kier molecular flexibility index (Phi) is 6.01. The zero-order valence-electron chi connectivity index (χ0n) is 14.8. The van der Waals surface area contributed by atoms with Gasteiger partial charge in [-0.15, -0.1) is 0 Å². The van der Waals surface area contributed by atoms with E-state index in [0.29, 0.717) is 19.1 Å². The highest BCUT2D eigenvalue weighted by Crippen LogP contribution is 2.13. The standard InChI is InChI=1S/C16H29N5O2/c1-12(21-8-13(2)23-14(3)9-21)6-17-16(22)19(4)10-15-7-18-20(5)11-15/h7,11-14H,6,8-10H2,1-5H3,(H,17,22)/t12-,13-,14-/m1/s1. The molecule has 1 aromatic rings. The lowest BCUT2D eigenvalue weighted by Gasteiger charge is -2.39. The Bertz CT molecular complexity index is 508. The fraction of sp³-hybridized carbons (Fsp3) is 0.750. The van der Waals surface area contributed by atoms with Gasteiger partial charge in [0, 0.05) is 51.5 Å². The van der Waals surface area contributed by atoms with Crippen LogP contribution < -0.4 is 5.32 Å². The van der Waals surface area contributed by atoms with Crippen LogP contribution in [0.4, 0.5) is 4.79 Å². The van der Waals surface area contributed by atoms with Crippen molar-refractivity contribution in [3.63, 3.8) is 0 Å². The van der Waals surface area contributed by atoms with Crippen LogP contribution in [0.15, 0.2) is 12.4 Å². The summed E-state index contributed by atoms with van der Waals surface area (Å²) in [6, 6.07) is 0.231. The van der Waals surface area contributed by atoms with Gasteiger partial charge in [-0.1, -0.05) is 0 Å². The second-order valence-electron chi connectivity index (χ2n) is 6.62. The molecule has 1 fully saturated rings. The average molecular weight is 323 g/mol. The highest BCUT2D eigenvalue weighted by Gasteiger charge is 2.26. The van der Waals surface area contributed by atoms with Crippen LogP contribution in [0.2, 0.25) is 0 Å². The lowest BCUT2D eigenvalue weighted by atomic mass is 10.2. The minimum Gasteiger partial charge on any atom is -0.373 e. The number of ether oxygens (including phenoxy) is 1. The van der Waals surface area contributed by atoms with Gasteiger partial charge in [-0.05, 0) is 20.8 Å². The van der Waals surface area contributed by atoms with Crippen molar-refractivity contribution in [1.82, 2.24) is 24.9 Å². The molecule has 3 atom stereocenters. The summed E-state index contributed by atoms with van der Waals surface area (Å²) in [7, 11) is 3.67. The normalized spacial score (nSPS) is 23.5. The zero-order valence-corrected chi connectivity index (χ0v) is 14.8. The largest absolute Gasteiger partial charge is 0.373 e. The van der Waals surface area contributed by atoms with E-state index in [0.717, 1.165) is 18.7 Å². The lowest BCUT2D eigenvalue weighted by Crippen LogP contribution is -2.53. The average Bonchev–Trinajstić information content (AvgIpc) is 2.88. The SMILES string of the molecule is C[C@@H]1CN([C@H](C)CNC(=O)N(C)Cc2cnn(C)c2)C[C@@H](C)O1. The molecule has 0 saturated carbocycles. The number of rotatable bonds is 5. The van der Waals surface area contributed by atoms with Crippen LogP contribution in [-0.2, 0) is 18.3 Å². The molecule has 2 amide bonds. The van der Waals surface area contributed by atoms with E-state index < -0.39 is 0 Å². The predicted molar refractivity (Wildman–Crippen MR) is 89.1 cm³/mol. The van der Waals surface area contributed by atoms with Crippen LogP contribution in [0.5, 0.6) is 0 Å². The summed E-state index contributed by atoms with van der Waals surface area (Å²) in [5.41, 5.74) is 1.02. The van der Waals surface area contributed by atoms with E-state index in [2.05, 4.69) is 36.1 Å². The first kappa shape index (κ1) is 17.7. The number of urea groups is 1. The van der Waals surface area contributed by atoms with Crippen molar-refractivity contribution in [3.8, 4) is 0 Å². The molecule has 23 heavy (non-hydrogen) atoms. The molecule has 1 aliphatic rings. The molecule has 1 N–H and O–H groups in total. The van der Waals surface area contributed by atoms with E-state index in [1.54, 1.807) is 22.8 Å². The third kappa shape index (κ3) is 5.21. The van der Waals surface area contributed by atoms with Crippen molar-refractivity contribution in [3.05, 3.63) is 18.0 Å². The first-order chi connectivity index (χ1) is 10.8. The highest BCUT2D eigenvalue weighted by molar-refractivity contribution is 5.73. The van der Waals surface area contributed by atoms with Gasteiger partial charge in [0.05, 0.1) is 24.9 Å². The van der Waals surface area contributed by atoms with E-state index in [-0.39, 0.29) is 18.2 Å². The number of nitrogens with one attached hydrogen (secondary N) is 1. The predicted octanol–water partition coefficient (Wildman–Crippen LogP) is 1.06. The minimum atomic E-state index is -0.0601. The van der Waals surface area contributed by atoms with Crippen molar-refractivity contribution in [2.75, 3.05) is 26.7 Å². The molecule has 0 unspecified atom stereocenters. The zero-order chi connectivity index (χ0) is 17.0. The quantitative estimate of drug-likeness (QED) is 0.880. The topological polar surface area (TPSA) is 62.6 Å². The van der Waals surface area contributed by atoms with Crippen LogP contribution in [0.1, 0.15) is 26.3 Å². The smallest absolute Gasteiger partial charge is 0.317 e. The van der Waals surface area contributed by atoms with Gasteiger partial charge in [0.25, 0.3) is 0 Å². The van der Waals surface area contributed by atoms with Crippen molar-refractivity contribution in [2.24, 2.45) is 7.05 Å². The Hall–Kier alpha value is -1.60. The minimum absolute atomic E-state index is 0.0601. The van der Waals surface area contributed by atoms with Crippen LogP contribution in [0.25, 0.3) is 0 Å². The summed E-state index contributed by atoms with van der Waals surface area (Å²) in [6.07, 6.45) is 4.18. The molecule has 1 aliphatic heterocycles. The summed E-state index contributed by atoms with van der Waals surface area (Å²) >= 11 is 0. The molecular formula is C16H29N5O2. The molecule has 0 aromatic carbocycles. The monoisotopic (exact) mass is 323 g/mol. The number of nitrogens with zero attached hydrogens (tertiary/aromatic N) is 4. The number of hydrogen-bond donors (Lipinski definition) is 1. The molecule has 130 valence electrons. The third-order valence-corrected chi connectivity index (χ3v) is 4.14. The fourth-order valence-corrected chi connectivity index (χ4v) is 2.98. The van der Waals surface area contributed by atoms with Crippen molar-refractivity contribution >= 4 is 6.03 Å². The first-order valence-electron chi connectivity index (χ1n) is 8.21. The maximum Gasteiger partial charge on any atom is 0.317 e. The molecule has 7 nitrogen and oxygen atoms in total. The van der Waals surface area contributed by atoms with E-state index in [9.17, 15) is 4.79 Å². The second-order valence-corrected chi connectivity index (χ2v) is 6.62. The van der Waals surface area contributed by atoms with E-state index in [1.165, 1.54) is 0 Å². The van der Waals surface area contributed by atoms with E-state index in [4.69, 9.17) is 4.74 Å². The van der Waals surface area contributed by atoms with Crippen LogP contribution in [0, 0.1) is 0 Å². The van der Waals surface area contributed by atoms with E-state index >= 15 is 0 Å². The Balaban J connectivity index is 1.76. The van der Waals surface area contributed by atoms with Gasteiger partial charge in [-0.3, -0.25) is 9.58 Å². The number of aryl methyl sites for hydroxylation is 1. The van der Waals surface area contributed by atoms with Crippen LogP contribution >= 0.6 is 0 Å². The van der Waals surface area contributed by atoms with Gasteiger partial charge in [-0.2, -0.15) is 5.10 Å². The Morgan fingerprint density at radius 3 is 2.70 bits per heavy atom. The van der Waals surface area contributed by atoms with Gasteiger partial charge in [-0.25, -0.2) is 4.79 Å². The number of carbonyl (C=O) groups excluding carboxylic acids is 1. The molecular weight excluding hydrogens is 294 g/mol. The fourth-order valence-electron chi connectivity index (χ4n) is 2.98. The summed E-state index contributed by atoms with van der Waals surface area (Å²) < 4.78 is 7.49.